The first kappa shape index (κ1) is 11.0. The number of nitrogens with zero attached hydrogens (tertiary/aromatic N) is 1. The van der Waals surface area contributed by atoms with Crippen molar-refractivity contribution in [2.75, 3.05) is 20.1 Å². The third-order valence-electron chi connectivity index (χ3n) is 2.44. The molecule has 0 aromatic heterocycles. The molecule has 1 atom stereocenters. The topological polar surface area (TPSA) is 69.6 Å². The minimum atomic E-state index is -0.834. The summed E-state index contributed by atoms with van der Waals surface area (Å²) in [6.07, 6.45) is 1.78. The second-order valence-corrected chi connectivity index (χ2v) is 3.51. The van der Waals surface area contributed by atoms with E-state index < -0.39 is 5.97 Å². The number of amides is 1. The largest absolute Gasteiger partial charge is 0.481 e. The molecule has 0 aromatic rings. The first-order valence-electron chi connectivity index (χ1n) is 4.81. The standard InChI is InChI=1S/C9H16N2O3/c1-10-6-8(12)11-4-2-3-7(11)5-9(13)14/h7,10H,2-6H2,1H3,(H,13,14). The van der Waals surface area contributed by atoms with E-state index in [1.807, 2.05) is 0 Å². The molecule has 1 amide bonds. The average Bonchev–Trinajstić information content (AvgIpc) is 2.51. The molecule has 80 valence electrons. The highest BCUT2D eigenvalue weighted by atomic mass is 16.4. The van der Waals surface area contributed by atoms with Gasteiger partial charge in [-0.3, -0.25) is 9.59 Å². The van der Waals surface area contributed by atoms with E-state index in [0.717, 1.165) is 12.8 Å². The van der Waals surface area contributed by atoms with Gasteiger partial charge in [-0.05, 0) is 19.9 Å². The number of carbonyl (C=O) groups is 2. The summed E-state index contributed by atoms with van der Waals surface area (Å²) in [4.78, 5) is 23.7. The van der Waals surface area contributed by atoms with Crippen LogP contribution in [0.15, 0.2) is 0 Å². The van der Waals surface area contributed by atoms with Gasteiger partial charge in [0.25, 0.3) is 0 Å². The Morgan fingerprint density at radius 1 is 1.57 bits per heavy atom. The molecule has 1 rings (SSSR count). The van der Waals surface area contributed by atoms with Crippen LogP contribution in [0.2, 0.25) is 0 Å². The third kappa shape index (κ3) is 2.70. The van der Waals surface area contributed by atoms with Crippen molar-refractivity contribution < 1.29 is 14.7 Å². The van der Waals surface area contributed by atoms with Crippen molar-refractivity contribution in [2.24, 2.45) is 0 Å². The molecule has 1 aliphatic heterocycles. The lowest BCUT2D eigenvalue weighted by Gasteiger charge is -2.23. The van der Waals surface area contributed by atoms with Gasteiger partial charge < -0.3 is 15.3 Å². The van der Waals surface area contributed by atoms with Gasteiger partial charge in [-0.1, -0.05) is 0 Å². The SMILES string of the molecule is CNCC(=O)N1CCCC1CC(=O)O. The molecule has 1 heterocycles. The van der Waals surface area contributed by atoms with Crippen molar-refractivity contribution in [1.82, 2.24) is 10.2 Å². The predicted molar refractivity (Wildman–Crippen MR) is 50.9 cm³/mol. The molecule has 0 bridgehead atoms. The summed E-state index contributed by atoms with van der Waals surface area (Å²) in [7, 11) is 1.71. The van der Waals surface area contributed by atoms with Gasteiger partial charge in [0, 0.05) is 12.6 Å². The lowest BCUT2D eigenvalue weighted by molar-refractivity contribution is -0.139. The van der Waals surface area contributed by atoms with Crippen LogP contribution in [0.3, 0.4) is 0 Å². The van der Waals surface area contributed by atoms with Crippen LogP contribution in [0.4, 0.5) is 0 Å². The first-order chi connectivity index (χ1) is 6.65. The molecule has 0 aliphatic carbocycles. The molecular weight excluding hydrogens is 184 g/mol. The summed E-state index contributed by atoms with van der Waals surface area (Å²) in [5.74, 6) is -0.838. The van der Waals surface area contributed by atoms with Crippen LogP contribution in [0.1, 0.15) is 19.3 Å². The van der Waals surface area contributed by atoms with E-state index in [9.17, 15) is 9.59 Å². The number of carboxylic acid groups (broad SMARTS) is 1. The van der Waals surface area contributed by atoms with Gasteiger partial charge >= 0.3 is 5.97 Å². The Hall–Kier alpha value is -1.10. The van der Waals surface area contributed by atoms with Crippen molar-refractivity contribution >= 4 is 11.9 Å². The molecule has 1 fully saturated rings. The third-order valence-corrected chi connectivity index (χ3v) is 2.44. The zero-order chi connectivity index (χ0) is 10.6. The summed E-state index contributed by atoms with van der Waals surface area (Å²) in [6, 6.07) is -0.103. The molecule has 5 nitrogen and oxygen atoms in total. The number of carboxylic acids is 1. The normalized spacial score (nSPS) is 21.2. The van der Waals surface area contributed by atoms with E-state index in [2.05, 4.69) is 5.32 Å². The van der Waals surface area contributed by atoms with E-state index in [4.69, 9.17) is 5.11 Å². The average molecular weight is 200 g/mol. The zero-order valence-corrected chi connectivity index (χ0v) is 8.32. The van der Waals surface area contributed by atoms with Gasteiger partial charge in [-0.15, -0.1) is 0 Å². The highest BCUT2D eigenvalue weighted by Gasteiger charge is 2.29. The second kappa shape index (κ2) is 4.95. The summed E-state index contributed by atoms with van der Waals surface area (Å²) >= 11 is 0. The minimum Gasteiger partial charge on any atom is -0.481 e. The lowest BCUT2D eigenvalue weighted by atomic mass is 10.1. The van der Waals surface area contributed by atoms with Crippen LogP contribution in [0.25, 0.3) is 0 Å². The molecule has 0 radical (unpaired) electrons. The quantitative estimate of drug-likeness (QED) is 0.652. The van der Waals surface area contributed by atoms with Crippen molar-refractivity contribution in [3.05, 3.63) is 0 Å². The van der Waals surface area contributed by atoms with Crippen LogP contribution in [0.5, 0.6) is 0 Å². The number of rotatable bonds is 4. The Balaban J connectivity index is 2.50. The molecule has 0 spiro atoms. The molecule has 1 unspecified atom stereocenters. The van der Waals surface area contributed by atoms with E-state index in [0.29, 0.717) is 6.54 Å². The highest BCUT2D eigenvalue weighted by Crippen LogP contribution is 2.19. The minimum absolute atomic E-state index is 0.00347. The fourth-order valence-corrected chi connectivity index (χ4v) is 1.83. The van der Waals surface area contributed by atoms with E-state index in [1.165, 1.54) is 0 Å². The molecule has 1 aliphatic rings. The molecule has 0 aromatic carbocycles. The first-order valence-corrected chi connectivity index (χ1v) is 4.81. The predicted octanol–water partition coefficient (Wildman–Crippen LogP) is -0.328. The van der Waals surface area contributed by atoms with Crippen molar-refractivity contribution in [2.45, 2.75) is 25.3 Å². The summed E-state index contributed by atoms with van der Waals surface area (Å²) in [5, 5.41) is 11.4. The van der Waals surface area contributed by atoms with Crippen LogP contribution >= 0.6 is 0 Å². The van der Waals surface area contributed by atoms with Gasteiger partial charge in [0.05, 0.1) is 13.0 Å². The Morgan fingerprint density at radius 2 is 2.29 bits per heavy atom. The van der Waals surface area contributed by atoms with Crippen LogP contribution in [-0.2, 0) is 9.59 Å². The smallest absolute Gasteiger partial charge is 0.305 e. The molecule has 2 N–H and O–H groups in total. The van der Waals surface area contributed by atoms with Crippen LogP contribution < -0.4 is 5.32 Å². The van der Waals surface area contributed by atoms with E-state index >= 15 is 0 Å². The number of hydrogen-bond acceptors (Lipinski definition) is 3. The monoisotopic (exact) mass is 200 g/mol. The fourth-order valence-electron chi connectivity index (χ4n) is 1.83. The number of likely N-dealkylation sites (N-methyl/N-ethyl adjacent to an activating group) is 1. The second-order valence-electron chi connectivity index (χ2n) is 3.51. The molecular formula is C9H16N2O3. The Labute approximate surface area is 83.1 Å². The lowest BCUT2D eigenvalue weighted by Crippen LogP contribution is -2.41. The van der Waals surface area contributed by atoms with Gasteiger partial charge in [-0.25, -0.2) is 0 Å². The summed E-state index contributed by atoms with van der Waals surface area (Å²) in [6.45, 7) is 0.981. The number of hydrogen-bond donors (Lipinski definition) is 2. The molecule has 1 saturated heterocycles. The molecule has 14 heavy (non-hydrogen) atoms. The summed E-state index contributed by atoms with van der Waals surface area (Å²) < 4.78 is 0. The van der Waals surface area contributed by atoms with Crippen molar-refractivity contribution in [1.29, 1.82) is 0 Å². The van der Waals surface area contributed by atoms with Gasteiger partial charge in [-0.2, -0.15) is 0 Å². The Bertz CT molecular complexity index is 230. The number of nitrogens with one attached hydrogen (secondary N) is 1. The zero-order valence-electron chi connectivity index (χ0n) is 8.32. The van der Waals surface area contributed by atoms with Gasteiger partial charge in [0.15, 0.2) is 0 Å². The maximum absolute atomic E-state index is 11.5. The number of likely N-dealkylation sites (tertiary alicyclic amines) is 1. The van der Waals surface area contributed by atoms with E-state index in [1.54, 1.807) is 11.9 Å². The Kier molecular flexibility index (Phi) is 3.88. The maximum Gasteiger partial charge on any atom is 0.305 e. The van der Waals surface area contributed by atoms with Crippen molar-refractivity contribution in [3.63, 3.8) is 0 Å². The van der Waals surface area contributed by atoms with Crippen molar-refractivity contribution in [3.8, 4) is 0 Å². The highest BCUT2D eigenvalue weighted by molar-refractivity contribution is 5.79. The van der Waals surface area contributed by atoms with Gasteiger partial charge in [0.1, 0.15) is 0 Å². The maximum atomic E-state index is 11.5. The number of carbonyl (C=O) groups excluding carboxylic acids is 1. The van der Waals surface area contributed by atoms with Crippen LogP contribution in [0, 0.1) is 0 Å². The molecule has 0 saturated carbocycles. The van der Waals surface area contributed by atoms with E-state index in [-0.39, 0.29) is 24.9 Å². The fraction of sp³-hybridized carbons (Fsp3) is 0.778. The van der Waals surface area contributed by atoms with Crippen LogP contribution in [-0.4, -0.2) is 48.1 Å². The summed E-state index contributed by atoms with van der Waals surface area (Å²) in [5.41, 5.74) is 0. The number of aliphatic carboxylic acids is 1. The Morgan fingerprint density at radius 3 is 2.86 bits per heavy atom. The molecule has 5 heteroatoms. The van der Waals surface area contributed by atoms with Gasteiger partial charge in [0.2, 0.25) is 5.91 Å².